The first-order valence-corrected chi connectivity index (χ1v) is 11.4. The molecule has 1 aromatic carbocycles. The number of nitrogens with zero attached hydrogens (tertiary/aromatic N) is 2. The first kappa shape index (κ1) is 20.7. The second-order valence-electron chi connectivity index (χ2n) is 8.93. The number of halogens is 1. The zero-order valence-electron chi connectivity index (χ0n) is 18.0. The van der Waals surface area contributed by atoms with Crippen LogP contribution >= 0.6 is 15.9 Å². The van der Waals surface area contributed by atoms with E-state index in [9.17, 15) is 4.79 Å². The highest BCUT2D eigenvalue weighted by atomic mass is 79.9. The van der Waals surface area contributed by atoms with Crippen molar-refractivity contribution in [1.82, 2.24) is 9.55 Å². The fraction of sp³-hybridized carbons (Fsp3) is 0.417. The third-order valence-electron chi connectivity index (χ3n) is 7.09. The smallest absolute Gasteiger partial charge is 0.339 e. The number of likely N-dealkylation sites (N-methyl/N-ethyl adjacent to an activating group) is 1. The molecule has 1 aliphatic heterocycles. The molecule has 0 bridgehead atoms. The van der Waals surface area contributed by atoms with Gasteiger partial charge in [-0.1, -0.05) is 12.1 Å². The van der Waals surface area contributed by atoms with Crippen molar-refractivity contribution < 1.29 is 19.2 Å². The summed E-state index contributed by atoms with van der Waals surface area (Å²) in [5, 5.41) is 1.33. The highest BCUT2D eigenvalue weighted by Crippen LogP contribution is 2.46. The Kier molecular flexibility index (Phi) is 5.15. The molecule has 7 heteroatoms. The van der Waals surface area contributed by atoms with Crippen LogP contribution in [0.4, 0.5) is 0 Å². The summed E-state index contributed by atoms with van der Waals surface area (Å²) in [5.74, 6) is -0.128. The van der Waals surface area contributed by atoms with Gasteiger partial charge in [0, 0.05) is 60.5 Å². The Labute approximate surface area is 190 Å². The van der Waals surface area contributed by atoms with Gasteiger partial charge in [0.15, 0.2) is 0 Å². The Balaban J connectivity index is 1.44. The van der Waals surface area contributed by atoms with E-state index in [4.69, 9.17) is 9.47 Å². The molecule has 0 spiro atoms. The van der Waals surface area contributed by atoms with Crippen LogP contribution in [0.1, 0.15) is 27.9 Å². The number of nitrogens with one attached hydrogen (secondary N) is 1. The van der Waals surface area contributed by atoms with Crippen molar-refractivity contribution >= 4 is 32.8 Å². The Morgan fingerprint density at radius 3 is 3.00 bits per heavy atom. The SMILES string of the molecule is CO[C@]12C[C@@H](COC(=O)c3cncc(Br)c3)C[NH+](C)[C@@H]1Cc1cn(C)c3cccc2c13. The minimum atomic E-state index is -0.384. The van der Waals surface area contributed by atoms with E-state index in [1.165, 1.54) is 33.1 Å². The fourth-order valence-electron chi connectivity index (χ4n) is 5.80. The number of methoxy groups -OCH3 is 1. The molecule has 4 atom stereocenters. The molecular weight excluding hydrogens is 458 g/mol. The molecule has 1 N–H and O–H groups in total. The van der Waals surface area contributed by atoms with Gasteiger partial charge in [0.25, 0.3) is 0 Å². The topological polar surface area (TPSA) is 57.8 Å². The van der Waals surface area contributed by atoms with Crippen LogP contribution in [0.25, 0.3) is 10.9 Å². The van der Waals surface area contributed by atoms with Crippen molar-refractivity contribution in [3.05, 3.63) is 64.0 Å². The summed E-state index contributed by atoms with van der Waals surface area (Å²) in [5.41, 5.74) is 3.99. The van der Waals surface area contributed by atoms with Gasteiger partial charge in [0.05, 0.1) is 25.8 Å². The van der Waals surface area contributed by atoms with Gasteiger partial charge in [0.2, 0.25) is 0 Å². The highest BCUT2D eigenvalue weighted by molar-refractivity contribution is 9.10. The Morgan fingerprint density at radius 1 is 1.39 bits per heavy atom. The summed E-state index contributed by atoms with van der Waals surface area (Å²) in [4.78, 5) is 18.0. The molecule has 3 heterocycles. The van der Waals surface area contributed by atoms with Crippen LogP contribution in [0.3, 0.4) is 0 Å². The van der Waals surface area contributed by atoms with E-state index >= 15 is 0 Å². The van der Waals surface area contributed by atoms with Gasteiger partial charge in [-0.05, 0) is 45.6 Å². The van der Waals surface area contributed by atoms with Crippen molar-refractivity contribution in [1.29, 1.82) is 0 Å². The van der Waals surface area contributed by atoms with Crippen LogP contribution in [0, 0.1) is 5.92 Å². The van der Waals surface area contributed by atoms with E-state index < -0.39 is 0 Å². The normalized spacial score (nSPS) is 27.2. The van der Waals surface area contributed by atoms with Crippen LogP contribution in [0.5, 0.6) is 0 Å². The number of carbonyl (C=O) groups is 1. The number of ether oxygens (including phenoxy) is 2. The summed E-state index contributed by atoms with van der Waals surface area (Å²) >= 11 is 3.36. The molecule has 2 aromatic heterocycles. The van der Waals surface area contributed by atoms with Gasteiger partial charge in [-0.3, -0.25) is 4.98 Å². The molecule has 6 nitrogen and oxygen atoms in total. The number of piperidine rings is 1. The molecule has 0 radical (unpaired) electrons. The van der Waals surface area contributed by atoms with E-state index in [1.807, 2.05) is 7.11 Å². The summed E-state index contributed by atoms with van der Waals surface area (Å²) in [6, 6.07) is 8.59. The molecule has 162 valence electrons. The Bertz CT molecular complexity index is 1160. The zero-order valence-corrected chi connectivity index (χ0v) is 19.6. The van der Waals surface area contributed by atoms with Crippen molar-refractivity contribution in [3.8, 4) is 0 Å². The van der Waals surface area contributed by atoms with Crippen molar-refractivity contribution in [2.24, 2.45) is 13.0 Å². The monoisotopic (exact) mass is 484 g/mol. The van der Waals surface area contributed by atoms with Crippen molar-refractivity contribution in [2.75, 3.05) is 27.3 Å². The Morgan fingerprint density at radius 2 is 2.23 bits per heavy atom. The molecule has 0 saturated carbocycles. The van der Waals surface area contributed by atoms with Gasteiger partial charge < -0.3 is 18.9 Å². The minimum Gasteiger partial charge on any atom is -0.462 e. The van der Waals surface area contributed by atoms with Gasteiger partial charge in [0.1, 0.15) is 11.6 Å². The number of likely N-dealkylation sites (tertiary alicyclic amines) is 1. The van der Waals surface area contributed by atoms with Crippen LogP contribution in [0.15, 0.2) is 47.3 Å². The number of pyridine rings is 1. The average Bonchev–Trinajstić information content (AvgIpc) is 3.09. The lowest BCUT2D eigenvalue weighted by Gasteiger charge is -2.50. The largest absolute Gasteiger partial charge is 0.462 e. The first-order chi connectivity index (χ1) is 14.9. The number of fused-ring (bicyclic) bond motifs is 2. The van der Waals surface area contributed by atoms with Crippen molar-refractivity contribution in [2.45, 2.75) is 24.5 Å². The molecule has 1 unspecified atom stereocenters. The molecule has 3 aromatic rings. The number of esters is 1. The second-order valence-corrected chi connectivity index (χ2v) is 9.84. The van der Waals surface area contributed by atoms with E-state index in [2.05, 4.69) is 64.0 Å². The van der Waals surface area contributed by atoms with E-state index in [-0.39, 0.29) is 17.5 Å². The summed E-state index contributed by atoms with van der Waals surface area (Å²) in [6.07, 6.45) is 7.28. The number of quaternary nitrogens is 1. The third kappa shape index (κ3) is 3.30. The lowest BCUT2D eigenvalue weighted by atomic mass is 9.69. The highest BCUT2D eigenvalue weighted by Gasteiger charge is 2.54. The second kappa shape index (κ2) is 7.73. The predicted octanol–water partition coefficient (Wildman–Crippen LogP) is 2.49. The summed E-state index contributed by atoms with van der Waals surface area (Å²) < 4.78 is 15.1. The molecule has 0 amide bonds. The maximum absolute atomic E-state index is 12.5. The number of carbonyl (C=O) groups excluding carboxylic acids is 1. The van der Waals surface area contributed by atoms with Crippen LogP contribution in [-0.4, -0.2) is 48.9 Å². The number of hydrogen-bond acceptors (Lipinski definition) is 4. The van der Waals surface area contributed by atoms with Crippen LogP contribution < -0.4 is 4.90 Å². The maximum atomic E-state index is 12.5. The number of aromatic nitrogens is 2. The minimum absolute atomic E-state index is 0.209. The number of aryl methyl sites for hydroxylation is 1. The van der Waals surface area contributed by atoms with Crippen LogP contribution in [0.2, 0.25) is 0 Å². The Hall–Kier alpha value is -2.22. The third-order valence-corrected chi connectivity index (χ3v) is 7.52. The quantitative estimate of drug-likeness (QED) is 0.578. The standard InChI is InChI=1S/C24H26BrN3O3/c1-27-13-17-8-21-24(30-3,19-5-4-6-20(27)22(17)19)9-15(12-28(21)2)14-31-23(29)16-7-18(25)11-26-10-16/h4-7,10-11,13,15,21H,8-9,12,14H2,1-3H3/p+1/t15-,21-,24+/m1/s1. The van der Waals surface area contributed by atoms with Gasteiger partial charge in [-0.25, -0.2) is 4.79 Å². The molecule has 1 aliphatic carbocycles. The van der Waals surface area contributed by atoms with Gasteiger partial charge in [-0.2, -0.15) is 0 Å². The maximum Gasteiger partial charge on any atom is 0.339 e. The van der Waals surface area contributed by atoms with E-state index in [0.29, 0.717) is 18.2 Å². The van der Waals surface area contributed by atoms with Gasteiger partial charge in [-0.15, -0.1) is 0 Å². The molecular formula is C24H27BrN3O3+. The lowest BCUT2D eigenvalue weighted by molar-refractivity contribution is -0.925. The number of hydrogen-bond donors (Lipinski definition) is 1. The van der Waals surface area contributed by atoms with Crippen LogP contribution in [-0.2, 0) is 28.5 Å². The lowest BCUT2D eigenvalue weighted by Crippen LogP contribution is -3.17. The first-order valence-electron chi connectivity index (χ1n) is 10.7. The fourth-order valence-corrected chi connectivity index (χ4v) is 6.16. The predicted molar refractivity (Wildman–Crippen MR) is 121 cm³/mol. The molecule has 1 fully saturated rings. The molecule has 1 saturated heterocycles. The summed E-state index contributed by atoms with van der Waals surface area (Å²) in [6.45, 7) is 1.32. The summed E-state index contributed by atoms with van der Waals surface area (Å²) in [7, 11) is 6.17. The molecule has 31 heavy (non-hydrogen) atoms. The van der Waals surface area contributed by atoms with Gasteiger partial charge >= 0.3 is 5.97 Å². The van der Waals surface area contributed by atoms with E-state index in [1.54, 1.807) is 12.3 Å². The zero-order chi connectivity index (χ0) is 21.8. The number of benzene rings is 1. The molecule has 5 rings (SSSR count). The van der Waals surface area contributed by atoms with Crippen molar-refractivity contribution in [3.63, 3.8) is 0 Å². The van der Waals surface area contributed by atoms with E-state index in [0.717, 1.165) is 23.9 Å². The average molecular weight is 485 g/mol. The number of rotatable bonds is 4. The molecule has 2 aliphatic rings.